The lowest BCUT2D eigenvalue weighted by molar-refractivity contribution is 0.111. The molecule has 5 nitrogen and oxygen atoms in total. The van der Waals surface area contributed by atoms with Crippen LogP contribution in [0.3, 0.4) is 0 Å². The van der Waals surface area contributed by atoms with Crippen molar-refractivity contribution < 1.29 is 4.79 Å². The van der Waals surface area contributed by atoms with E-state index >= 15 is 0 Å². The minimum absolute atomic E-state index is 0.0321. The summed E-state index contributed by atoms with van der Waals surface area (Å²) >= 11 is 1.20. The highest BCUT2D eigenvalue weighted by atomic mass is 32.2. The summed E-state index contributed by atoms with van der Waals surface area (Å²) in [5.74, 6) is 0. The third kappa shape index (κ3) is 2.53. The molecule has 0 aliphatic rings. The summed E-state index contributed by atoms with van der Waals surface area (Å²) in [5.41, 5.74) is -0.150. The Bertz CT molecular complexity index is 746. The summed E-state index contributed by atoms with van der Waals surface area (Å²) in [6, 6.07) is 7.54. The molecule has 0 fully saturated rings. The molecule has 0 unspecified atom stereocenters. The Kier molecular flexibility index (Phi) is 3.71. The van der Waals surface area contributed by atoms with Gasteiger partial charge in [0.2, 0.25) is 0 Å². The molecule has 1 N–H and O–H groups in total. The van der Waals surface area contributed by atoms with Crippen LogP contribution in [0.2, 0.25) is 0 Å². The molecule has 1 aromatic carbocycles. The van der Waals surface area contributed by atoms with Gasteiger partial charge in [0, 0.05) is 11.9 Å². The van der Waals surface area contributed by atoms with E-state index in [-0.39, 0.29) is 10.6 Å². The number of carbonyl (C=O) groups excluding carboxylic acids is 1. The lowest BCUT2D eigenvalue weighted by atomic mass is 10.2. The van der Waals surface area contributed by atoms with E-state index < -0.39 is 11.2 Å². The van der Waals surface area contributed by atoms with Crippen molar-refractivity contribution >= 4 is 18.0 Å². The van der Waals surface area contributed by atoms with Crippen LogP contribution in [0.15, 0.2) is 43.8 Å². The molecular formula is C13H12N2O3S. The highest BCUT2D eigenvalue weighted by Gasteiger charge is 2.13. The van der Waals surface area contributed by atoms with Crippen LogP contribution in [0.5, 0.6) is 0 Å². The first-order valence-electron chi connectivity index (χ1n) is 5.56. The summed E-state index contributed by atoms with van der Waals surface area (Å²) < 4.78 is 0.881. The smallest absolute Gasteiger partial charge is 0.301 e. The Balaban J connectivity index is 2.58. The van der Waals surface area contributed by atoms with Gasteiger partial charge in [0.15, 0.2) is 6.29 Å². The molecule has 0 spiro atoms. The lowest BCUT2D eigenvalue weighted by Crippen LogP contribution is -2.35. The number of aromatic nitrogens is 2. The monoisotopic (exact) mass is 276 g/mol. The third-order valence-corrected chi connectivity index (χ3v) is 3.93. The van der Waals surface area contributed by atoms with E-state index in [4.69, 9.17) is 0 Å². The fourth-order valence-corrected chi connectivity index (χ4v) is 2.56. The molecule has 0 radical (unpaired) electrons. The van der Waals surface area contributed by atoms with Crippen LogP contribution in [0.1, 0.15) is 15.9 Å². The van der Waals surface area contributed by atoms with Gasteiger partial charge in [-0.05, 0) is 18.6 Å². The molecule has 0 aliphatic carbocycles. The Morgan fingerprint density at radius 1 is 1.26 bits per heavy atom. The van der Waals surface area contributed by atoms with Gasteiger partial charge < -0.3 is 4.98 Å². The quantitative estimate of drug-likeness (QED) is 0.678. The van der Waals surface area contributed by atoms with Crippen molar-refractivity contribution in [2.45, 2.75) is 16.8 Å². The van der Waals surface area contributed by atoms with Crippen molar-refractivity contribution in [3.8, 4) is 0 Å². The van der Waals surface area contributed by atoms with E-state index in [9.17, 15) is 14.4 Å². The van der Waals surface area contributed by atoms with Gasteiger partial charge in [0.05, 0.1) is 5.03 Å². The van der Waals surface area contributed by atoms with Crippen LogP contribution < -0.4 is 11.2 Å². The van der Waals surface area contributed by atoms with Crippen molar-refractivity contribution in [3.05, 3.63) is 56.2 Å². The van der Waals surface area contributed by atoms with Crippen LogP contribution >= 0.6 is 11.8 Å². The van der Waals surface area contributed by atoms with Crippen LogP contribution in [0.4, 0.5) is 0 Å². The number of aryl methyl sites for hydroxylation is 1. The van der Waals surface area contributed by atoms with Crippen molar-refractivity contribution in [1.82, 2.24) is 9.55 Å². The molecule has 0 bridgehead atoms. The van der Waals surface area contributed by atoms with Crippen molar-refractivity contribution in [1.29, 1.82) is 0 Å². The fraction of sp³-hybridized carbons (Fsp3) is 0.154. The molecule has 6 heteroatoms. The van der Waals surface area contributed by atoms with Gasteiger partial charge in [-0.1, -0.05) is 30.0 Å². The van der Waals surface area contributed by atoms with Crippen LogP contribution in [0, 0.1) is 6.92 Å². The maximum atomic E-state index is 11.8. The summed E-state index contributed by atoms with van der Waals surface area (Å²) in [4.78, 5) is 37.9. The zero-order valence-electron chi connectivity index (χ0n) is 10.5. The highest BCUT2D eigenvalue weighted by molar-refractivity contribution is 7.99. The summed E-state index contributed by atoms with van der Waals surface area (Å²) in [7, 11) is 1.33. The van der Waals surface area contributed by atoms with Crippen molar-refractivity contribution in [2.24, 2.45) is 7.05 Å². The average molecular weight is 276 g/mol. The number of rotatable bonds is 3. The van der Waals surface area contributed by atoms with Gasteiger partial charge in [-0.3, -0.25) is 14.2 Å². The first kappa shape index (κ1) is 13.4. The zero-order valence-corrected chi connectivity index (χ0v) is 11.3. The van der Waals surface area contributed by atoms with E-state index in [1.807, 2.05) is 31.2 Å². The average Bonchev–Trinajstić information content (AvgIpc) is 2.39. The molecule has 2 aromatic rings. The molecule has 0 saturated heterocycles. The van der Waals surface area contributed by atoms with E-state index in [0.717, 1.165) is 15.0 Å². The van der Waals surface area contributed by atoms with E-state index in [2.05, 4.69) is 4.98 Å². The lowest BCUT2D eigenvalue weighted by Gasteiger charge is -2.07. The standard InChI is InChI=1S/C13H12N2O3S/c1-8-5-3-4-6-10(8)19-11-9(7-16)12(17)15(2)13(18)14-11/h3-7H,1-2H3,(H,14,18). The largest absolute Gasteiger partial charge is 0.328 e. The maximum Gasteiger partial charge on any atom is 0.328 e. The number of aldehydes is 1. The van der Waals surface area contributed by atoms with Gasteiger partial charge >= 0.3 is 5.69 Å². The number of H-pyrrole nitrogens is 1. The predicted octanol–water partition coefficient (Wildman–Crippen LogP) is 1.35. The second kappa shape index (κ2) is 5.27. The van der Waals surface area contributed by atoms with Gasteiger partial charge in [-0.25, -0.2) is 4.79 Å². The first-order chi connectivity index (χ1) is 9.04. The molecule has 19 heavy (non-hydrogen) atoms. The number of hydrogen-bond donors (Lipinski definition) is 1. The normalized spacial score (nSPS) is 10.4. The number of aromatic amines is 1. The number of hydrogen-bond acceptors (Lipinski definition) is 4. The van der Waals surface area contributed by atoms with Crippen LogP contribution in [-0.2, 0) is 7.05 Å². The highest BCUT2D eigenvalue weighted by Crippen LogP contribution is 2.28. The molecule has 0 atom stereocenters. The van der Waals surface area contributed by atoms with Gasteiger partial charge in [0.25, 0.3) is 5.56 Å². The van der Waals surface area contributed by atoms with Crippen molar-refractivity contribution in [3.63, 3.8) is 0 Å². The topological polar surface area (TPSA) is 71.9 Å². The minimum Gasteiger partial charge on any atom is -0.301 e. The van der Waals surface area contributed by atoms with Crippen LogP contribution in [-0.4, -0.2) is 15.8 Å². The van der Waals surface area contributed by atoms with Gasteiger partial charge in [0.1, 0.15) is 5.56 Å². The molecular weight excluding hydrogens is 264 g/mol. The summed E-state index contributed by atoms with van der Waals surface area (Å²) in [6.07, 6.45) is 0.471. The molecule has 0 amide bonds. The van der Waals surface area contributed by atoms with E-state index in [1.54, 1.807) is 0 Å². The third-order valence-electron chi connectivity index (χ3n) is 2.73. The molecule has 1 aromatic heterocycles. The first-order valence-corrected chi connectivity index (χ1v) is 6.38. The molecule has 0 saturated carbocycles. The van der Waals surface area contributed by atoms with Gasteiger partial charge in [-0.2, -0.15) is 0 Å². The summed E-state index contributed by atoms with van der Waals surface area (Å²) in [6.45, 7) is 1.92. The zero-order chi connectivity index (χ0) is 14.0. The van der Waals surface area contributed by atoms with Gasteiger partial charge in [-0.15, -0.1) is 0 Å². The van der Waals surface area contributed by atoms with Crippen molar-refractivity contribution in [2.75, 3.05) is 0 Å². The molecule has 98 valence electrons. The molecule has 0 aliphatic heterocycles. The number of carbonyl (C=O) groups is 1. The number of nitrogens with zero attached hydrogens (tertiary/aromatic N) is 1. The minimum atomic E-state index is -0.588. The van der Waals surface area contributed by atoms with E-state index in [0.29, 0.717) is 6.29 Å². The Hall–Kier alpha value is -2.08. The second-order valence-electron chi connectivity index (χ2n) is 4.02. The van der Waals surface area contributed by atoms with E-state index in [1.165, 1.54) is 18.8 Å². The molecule has 1 heterocycles. The molecule has 2 rings (SSSR count). The Labute approximate surface area is 113 Å². The Morgan fingerprint density at radius 3 is 2.58 bits per heavy atom. The van der Waals surface area contributed by atoms with Crippen LogP contribution in [0.25, 0.3) is 0 Å². The second-order valence-corrected chi connectivity index (χ2v) is 5.07. The maximum absolute atomic E-state index is 11.8. The Morgan fingerprint density at radius 2 is 1.95 bits per heavy atom. The number of nitrogens with one attached hydrogen (secondary N) is 1. The number of benzene rings is 1. The SMILES string of the molecule is Cc1ccccc1Sc1[nH]c(=O)n(C)c(=O)c1C=O. The fourth-order valence-electron chi connectivity index (χ4n) is 1.58. The predicted molar refractivity (Wildman–Crippen MR) is 73.0 cm³/mol. The summed E-state index contributed by atoms with van der Waals surface area (Å²) in [5, 5.41) is 0.275.